The van der Waals surface area contributed by atoms with E-state index in [0.717, 1.165) is 24.3 Å². The van der Waals surface area contributed by atoms with Crippen molar-refractivity contribution in [2.75, 3.05) is 27.0 Å². The summed E-state index contributed by atoms with van der Waals surface area (Å²) in [5, 5.41) is 2.66. The molecule has 2 unspecified atom stereocenters. The molecule has 2 saturated heterocycles. The molecule has 0 aliphatic carbocycles. The van der Waals surface area contributed by atoms with Crippen LogP contribution in [0.1, 0.15) is 66.3 Å². The Balaban J connectivity index is 0.00000101. The number of hydrogen-bond acceptors (Lipinski definition) is 7. The maximum atomic E-state index is 13.0. The van der Waals surface area contributed by atoms with E-state index in [2.05, 4.69) is 32.7 Å². The van der Waals surface area contributed by atoms with Crippen LogP contribution in [-0.4, -0.2) is 78.6 Å². The number of hydrogen-bond donors (Lipinski definition) is 3. The predicted octanol–water partition coefficient (Wildman–Crippen LogP) is 1.95. The third-order valence-corrected chi connectivity index (χ3v) is 6.15. The van der Waals surface area contributed by atoms with E-state index in [9.17, 15) is 9.59 Å². The van der Waals surface area contributed by atoms with Crippen LogP contribution in [0.15, 0.2) is 6.20 Å². The number of likely N-dealkylation sites (tertiary alicyclic amines) is 1. The lowest BCUT2D eigenvalue weighted by molar-refractivity contribution is -0.137. The van der Waals surface area contributed by atoms with Gasteiger partial charge in [-0.2, -0.15) is 12.6 Å². The van der Waals surface area contributed by atoms with Crippen LogP contribution >= 0.6 is 12.6 Å². The molecule has 2 aliphatic heterocycles. The van der Waals surface area contributed by atoms with E-state index < -0.39 is 24.4 Å². The molecule has 0 bridgehead atoms. The summed E-state index contributed by atoms with van der Waals surface area (Å²) in [5.74, 6) is 0.665. The predicted molar refractivity (Wildman–Crippen MR) is 134 cm³/mol. The van der Waals surface area contributed by atoms with Crippen molar-refractivity contribution < 1.29 is 23.6 Å². The monoisotopic (exact) mass is 484 g/mol. The highest BCUT2D eigenvalue weighted by atomic mass is 32.1. The average molecular weight is 484 g/mol. The van der Waals surface area contributed by atoms with Crippen LogP contribution in [0.2, 0.25) is 0 Å². The number of nitrogens with one attached hydrogen (secondary N) is 2. The topological polar surface area (TPSA) is 106 Å². The van der Waals surface area contributed by atoms with Gasteiger partial charge in [0.05, 0.1) is 22.8 Å². The van der Waals surface area contributed by atoms with Gasteiger partial charge in [-0.15, -0.1) is 0 Å². The maximum absolute atomic E-state index is 13.0. The molecule has 3 rings (SSSR count). The molecule has 1 aromatic rings. The quantitative estimate of drug-likeness (QED) is 0.324. The van der Waals surface area contributed by atoms with Gasteiger partial charge in [0.25, 0.3) is 0 Å². The number of aromatic nitrogens is 2. The Morgan fingerprint density at radius 3 is 2.33 bits per heavy atom. The first-order chi connectivity index (χ1) is 15.5. The van der Waals surface area contributed by atoms with E-state index in [4.69, 9.17) is 9.31 Å². The van der Waals surface area contributed by atoms with E-state index in [0.29, 0.717) is 13.0 Å². The summed E-state index contributed by atoms with van der Waals surface area (Å²) in [4.78, 5) is 33.6. The minimum Gasteiger partial charge on any atom is -0.398 e. The van der Waals surface area contributed by atoms with Crippen LogP contribution in [-0.2, 0) is 23.6 Å². The zero-order valence-electron chi connectivity index (χ0n) is 21.5. The number of methoxy groups -OCH3 is 1. The Labute approximate surface area is 204 Å². The molecule has 0 aromatic carbocycles. The lowest BCUT2D eigenvalue weighted by atomic mass is 9.86. The van der Waals surface area contributed by atoms with Gasteiger partial charge in [0, 0.05) is 27.0 Å². The molecule has 3 heterocycles. The summed E-state index contributed by atoms with van der Waals surface area (Å²) in [6.07, 6.45) is 5.74. The Morgan fingerprint density at radius 1 is 1.30 bits per heavy atom. The first kappa shape index (κ1) is 29.5. The van der Waals surface area contributed by atoms with Crippen molar-refractivity contribution in [3.63, 3.8) is 0 Å². The first-order valence-corrected chi connectivity index (χ1v) is 12.1. The van der Waals surface area contributed by atoms with Crippen molar-refractivity contribution in [3.8, 4) is 0 Å². The normalized spacial score (nSPS) is 21.6. The van der Waals surface area contributed by atoms with E-state index in [-0.39, 0.29) is 17.9 Å². The summed E-state index contributed by atoms with van der Waals surface area (Å²) < 4.78 is 16.4. The SMILES string of the molecule is CC(C)C(NC=O)C(=O)N1CCCC1c1ncc(B2OC(C)(C)C(C)(C)O2)[nH]1.COC.CS. The second-order valence-corrected chi connectivity index (χ2v) is 9.42. The van der Waals surface area contributed by atoms with Crippen molar-refractivity contribution in [2.24, 2.45) is 5.92 Å². The zero-order valence-corrected chi connectivity index (χ0v) is 22.4. The summed E-state index contributed by atoms with van der Waals surface area (Å²) in [5.41, 5.74) is -0.105. The molecule has 9 nitrogen and oxygen atoms in total. The van der Waals surface area contributed by atoms with E-state index in [1.165, 1.54) is 0 Å². The molecule has 2 aliphatic rings. The number of rotatable bonds is 6. The van der Waals surface area contributed by atoms with Crippen molar-refractivity contribution in [1.82, 2.24) is 20.2 Å². The minimum atomic E-state index is -0.532. The van der Waals surface area contributed by atoms with Gasteiger partial charge in [0.15, 0.2) is 0 Å². The highest BCUT2D eigenvalue weighted by Crippen LogP contribution is 2.37. The second kappa shape index (κ2) is 12.8. The molecular weight excluding hydrogens is 443 g/mol. The molecule has 0 saturated carbocycles. The molecular formula is C22H41BN4O5S. The molecule has 188 valence electrons. The Kier molecular flexibility index (Phi) is 11.4. The number of imidazole rings is 1. The fraction of sp³-hybridized carbons (Fsp3) is 0.773. The van der Waals surface area contributed by atoms with Crippen molar-refractivity contribution >= 4 is 37.7 Å². The Bertz CT molecular complexity index is 743. The van der Waals surface area contributed by atoms with Crippen LogP contribution in [0.5, 0.6) is 0 Å². The van der Waals surface area contributed by atoms with Gasteiger partial charge in [-0.05, 0) is 52.7 Å². The summed E-state index contributed by atoms with van der Waals surface area (Å²) in [7, 11) is 2.73. The standard InChI is InChI=1S/C19H31BN4O4.C2H6O.CH4S/c1-12(2)15(22-11-25)17(26)24-9-7-8-13(24)16-21-10-14(23-16)20-27-18(3,4)19(5,6)28-20;1-3-2;1-2/h10-13,15H,7-9H2,1-6H3,(H,21,23)(H,22,25);1-2H3;2H,1H3. The lowest BCUT2D eigenvalue weighted by Gasteiger charge is -2.32. The van der Waals surface area contributed by atoms with Gasteiger partial charge in [-0.3, -0.25) is 9.59 Å². The minimum absolute atomic E-state index is 0.0101. The van der Waals surface area contributed by atoms with Crippen LogP contribution in [0.4, 0.5) is 0 Å². The van der Waals surface area contributed by atoms with Crippen LogP contribution < -0.4 is 10.9 Å². The van der Waals surface area contributed by atoms with Crippen molar-refractivity contribution in [2.45, 2.75) is 77.7 Å². The van der Waals surface area contributed by atoms with Crippen LogP contribution in [0.25, 0.3) is 0 Å². The number of ether oxygens (including phenoxy) is 1. The molecule has 11 heteroatoms. The highest BCUT2D eigenvalue weighted by molar-refractivity contribution is 7.79. The van der Waals surface area contributed by atoms with E-state index in [1.807, 2.05) is 46.4 Å². The zero-order chi connectivity index (χ0) is 25.4. The van der Waals surface area contributed by atoms with E-state index in [1.54, 1.807) is 26.7 Å². The number of amides is 2. The largest absolute Gasteiger partial charge is 0.513 e. The number of H-pyrrole nitrogens is 1. The van der Waals surface area contributed by atoms with Crippen LogP contribution in [0, 0.1) is 5.92 Å². The molecule has 2 amide bonds. The Morgan fingerprint density at radius 2 is 1.85 bits per heavy atom. The number of aromatic amines is 1. The van der Waals surface area contributed by atoms with Gasteiger partial charge >= 0.3 is 7.12 Å². The smallest absolute Gasteiger partial charge is 0.398 e. The highest BCUT2D eigenvalue weighted by Gasteiger charge is 2.52. The third kappa shape index (κ3) is 6.97. The molecule has 0 spiro atoms. The van der Waals surface area contributed by atoms with Gasteiger partial charge in [-0.1, -0.05) is 13.8 Å². The summed E-state index contributed by atoms with van der Waals surface area (Å²) >= 11 is 3.53. The fourth-order valence-corrected chi connectivity index (χ4v) is 3.73. The number of carbonyl (C=O) groups is 2. The van der Waals surface area contributed by atoms with Gasteiger partial charge in [0.2, 0.25) is 12.3 Å². The fourth-order valence-electron chi connectivity index (χ4n) is 3.73. The second-order valence-electron chi connectivity index (χ2n) is 9.42. The van der Waals surface area contributed by atoms with Gasteiger partial charge < -0.3 is 29.2 Å². The molecule has 1 aromatic heterocycles. The van der Waals surface area contributed by atoms with Gasteiger partial charge in [-0.25, -0.2) is 4.98 Å². The molecule has 0 radical (unpaired) electrons. The number of thiol groups is 1. The van der Waals surface area contributed by atoms with E-state index >= 15 is 0 Å². The average Bonchev–Trinajstić information content (AvgIpc) is 3.45. The van der Waals surface area contributed by atoms with Crippen molar-refractivity contribution in [3.05, 3.63) is 12.0 Å². The summed E-state index contributed by atoms with van der Waals surface area (Å²) in [6, 6.07) is -0.672. The first-order valence-electron chi connectivity index (χ1n) is 11.2. The molecule has 2 atom stereocenters. The van der Waals surface area contributed by atoms with Crippen LogP contribution in [0.3, 0.4) is 0 Å². The summed E-state index contributed by atoms with van der Waals surface area (Å²) in [6.45, 7) is 12.5. The number of carbonyl (C=O) groups excluding carboxylic acids is 2. The maximum Gasteiger partial charge on any atom is 0.513 e. The lowest BCUT2D eigenvalue weighted by Crippen LogP contribution is -2.48. The molecule has 2 fully saturated rings. The number of nitrogens with zero attached hydrogens (tertiary/aromatic N) is 2. The molecule has 2 N–H and O–H groups in total. The third-order valence-electron chi connectivity index (χ3n) is 6.15. The molecule has 33 heavy (non-hydrogen) atoms. The van der Waals surface area contributed by atoms with Gasteiger partial charge in [0.1, 0.15) is 11.9 Å². The van der Waals surface area contributed by atoms with Crippen molar-refractivity contribution in [1.29, 1.82) is 0 Å². The Hall–Kier alpha value is -1.56.